The van der Waals surface area contributed by atoms with Gasteiger partial charge in [-0.3, -0.25) is 0 Å². The zero-order valence-corrected chi connectivity index (χ0v) is 10.5. The van der Waals surface area contributed by atoms with Gasteiger partial charge in [-0.1, -0.05) is 25.1 Å². The minimum atomic E-state index is 0.645. The van der Waals surface area contributed by atoms with Crippen molar-refractivity contribution < 1.29 is 0 Å². The molecule has 0 bridgehead atoms. The maximum atomic E-state index is 5.57. The second kappa shape index (κ2) is 5.15. The SMILES string of the molecule is CCc1ccccc1-n1nc(CCN)cc1C. The molecular formula is C14H19N3. The number of nitrogens with zero attached hydrogens (tertiary/aromatic N) is 2. The summed E-state index contributed by atoms with van der Waals surface area (Å²) < 4.78 is 2.02. The molecule has 0 radical (unpaired) electrons. The minimum absolute atomic E-state index is 0.645. The molecule has 3 nitrogen and oxygen atoms in total. The van der Waals surface area contributed by atoms with Crippen molar-refractivity contribution in [1.29, 1.82) is 0 Å². The van der Waals surface area contributed by atoms with E-state index in [0.29, 0.717) is 6.54 Å². The largest absolute Gasteiger partial charge is 0.330 e. The third-order valence-corrected chi connectivity index (χ3v) is 2.94. The van der Waals surface area contributed by atoms with Crippen LogP contribution in [0.3, 0.4) is 0 Å². The zero-order chi connectivity index (χ0) is 12.3. The standard InChI is InChI=1S/C14H19N3/c1-3-12-6-4-5-7-14(12)17-11(2)10-13(16-17)8-9-15/h4-7,10H,3,8-9,15H2,1-2H3. The van der Waals surface area contributed by atoms with Crippen LogP contribution in [-0.2, 0) is 12.8 Å². The van der Waals surface area contributed by atoms with E-state index in [1.54, 1.807) is 0 Å². The number of para-hydroxylation sites is 1. The summed E-state index contributed by atoms with van der Waals surface area (Å²) in [6.07, 6.45) is 1.85. The van der Waals surface area contributed by atoms with Crippen LogP contribution in [0.2, 0.25) is 0 Å². The lowest BCUT2D eigenvalue weighted by atomic mass is 10.1. The summed E-state index contributed by atoms with van der Waals surface area (Å²) in [5, 5.41) is 4.62. The predicted octanol–water partition coefficient (Wildman–Crippen LogP) is 2.24. The van der Waals surface area contributed by atoms with Crippen molar-refractivity contribution in [1.82, 2.24) is 9.78 Å². The van der Waals surface area contributed by atoms with Crippen molar-refractivity contribution >= 4 is 0 Å². The second-order valence-corrected chi connectivity index (χ2v) is 4.21. The summed E-state index contributed by atoms with van der Waals surface area (Å²) in [6, 6.07) is 10.5. The fourth-order valence-corrected chi connectivity index (χ4v) is 2.07. The van der Waals surface area contributed by atoms with Crippen LogP contribution in [0.25, 0.3) is 5.69 Å². The smallest absolute Gasteiger partial charge is 0.0680 e. The Balaban J connectivity index is 2.45. The van der Waals surface area contributed by atoms with E-state index in [0.717, 1.165) is 24.2 Å². The molecule has 2 aromatic rings. The summed E-state index contributed by atoms with van der Waals surface area (Å²) in [5.41, 5.74) is 10.3. The van der Waals surface area contributed by atoms with Crippen molar-refractivity contribution in [3.05, 3.63) is 47.3 Å². The molecule has 0 aliphatic rings. The highest BCUT2D eigenvalue weighted by Gasteiger charge is 2.08. The van der Waals surface area contributed by atoms with Crippen LogP contribution in [0.5, 0.6) is 0 Å². The minimum Gasteiger partial charge on any atom is -0.330 e. The Kier molecular flexibility index (Phi) is 3.59. The van der Waals surface area contributed by atoms with Crippen LogP contribution >= 0.6 is 0 Å². The van der Waals surface area contributed by atoms with Crippen molar-refractivity contribution in [2.45, 2.75) is 26.7 Å². The lowest BCUT2D eigenvalue weighted by Crippen LogP contribution is -2.05. The van der Waals surface area contributed by atoms with Gasteiger partial charge in [0.25, 0.3) is 0 Å². The molecule has 1 aromatic carbocycles. The monoisotopic (exact) mass is 229 g/mol. The highest BCUT2D eigenvalue weighted by molar-refractivity contribution is 5.41. The van der Waals surface area contributed by atoms with Crippen molar-refractivity contribution in [3.63, 3.8) is 0 Å². The van der Waals surface area contributed by atoms with E-state index in [9.17, 15) is 0 Å². The van der Waals surface area contributed by atoms with Crippen molar-refractivity contribution in [3.8, 4) is 5.69 Å². The molecular weight excluding hydrogens is 210 g/mol. The molecule has 0 saturated carbocycles. The van der Waals surface area contributed by atoms with Crippen molar-refractivity contribution in [2.75, 3.05) is 6.54 Å². The van der Waals surface area contributed by atoms with Gasteiger partial charge in [0.2, 0.25) is 0 Å². The molecule has 3 heteroatoms. The lowest BCUT2D eigenvalue weighted by molar-refractivity contribution is 0.795. The molecule has 0 spiro atoms. The summed E-state index contributed by atoms with van der Waals surface area (Å²) in [6.45, 7) is 4.89. The quantitative estimate of drug-likeness (QED) is 0.873. The summed E-state index contributed by atoms with van der Waals surface area (Å²) in [5.74, 6) is 0. The molecule has 17 heavy (non-hydrogen) atoms. The van der Waals surface area contributed by atoms with E-state index in [1.165, 1.54) is 11.3 Å². The van der Waals surface area contributed by atoms with Gasteiger partial charge in [0.15, 0.2) is 0 Å². The molecule has 0 unspecified atom stereocenters. The third kappa shape index (κ3) is 2.39. The van der Waals surface area contributed by atoms with E-state index in [2.05, 4.69) is 49.3 Å². The molecule has 90 valence electrons. The third-order valence-electron chi connectivity index (χ3n) is 2.94. The maximum Gasteiger partial charge on any atom is 0.0680 e. The number of hydrogen-bond donors (Lipinski definition) is 1. The first-order valence-electron chi connectivity index (χ1n) is 6.10. The molecule has 2 N–H and O–H groups in total. The number of hydrogen-bond acceptors (Lipinski definition) is 2. The first kappa shape index (κ1) is 11.9. The Labute approximate surface area is 102 Å². The van der Waals surface area contributed by atoms with Crippen LogP contribution in [-0.4, -0.2) is 16.3 Å². The first-order chi connectivity index (χ1) is 8.26. The Bertz CT molecular complexity index is 500. The fourth-order valence-electron chi connectivity index (χ4n) is 2.07. The van der Waals surface area contributed by atoms with Crippen LogP contribution in [0.1, 0.15) is 23.9 Å². The van der Waals surface area contributed by atoms with E-state index in [-0.39, 0.29) is 0 Å². The van der Waals surface area contributed by atoms with Gasteiger partial charge >= 0.3 is 0 Å². The van der Waals surface area contributed by atoms with Crippen LogP contribution < -0.4 is 5.73 Å². The normalized spacial score (nSPS) is 10.8. The zero-order valence-electron chi connectivity index (χ0n) is 10.5. The molecule has 0 aliphatic heterocycles. The second-order valence-electron chi connectivity index (χ2n) is 4.21. The fraction of sp³-hybridized carbons (Fsp3) is 0.357. The Hall–Kier alpha value is -1.61. The van der Waals surface area contributed by atoms with E-state index in [4.69, 9.17) is 5.73 Å². The van der Waals surface area contributed by atoms with Crippen LogP contribution in [0.15, 0.2) is 30.3 Å². The van der Waals surface area contributed by atoms with Gasteiger partial charge in [0.05, 0.1) is 11.4 Å². The summed E-state index contributed by atoms with van der Waals surface area (Å²) in [4.78, 5) is 0. The van der Waals surface area contributed by atoms with E-state index < -0.39 is 0 Å². The molecule has 0 atom stereocenters. The van der Waals surface area contributed by atoms with Gasteiger partial charge in [0.1, 0.15) is 0 Å². The van der Waals surface area contributed by atoms with Gasteiger partial charge in [-0.05, 0) is 37.6 Å². The topological polar surface area (TPSA) is 43.8 Å². The van der Waals surface area contributed by atoms with Crippen LogP contribution in [0.4, 0.5) is 0 Å². The highest BCUT2D eigenvalue weighted by atomic mass is 15.3. The Morgan fingerprint density at radius 2 is 2.06 bits per heavy atom. The van der Waals surface area contributed by atoms with Gasteiger partial charge < -0.3 is 5.73 Å². The molecule has 2 rings (SSSR count). The molecule has 1 heterocycles. The van der Waals surface area contributed by atoms with Gasteiger partial charge in [-0.2, -0.15) is 5.10 Å². The Morgan fingerprint density at radius 3 is 2.76 bits per heavy atom. The van der Waals surface area contributed by atoms with Gasteiger partial charge in [-0.15, -0.1) is 0 Å². The number of aromatic nitrogens is 2. The average Bonchev–Trinajstić information content (AvgIpc) is 2.70. The number of aryl methyl sites for hydroxylation is 2. The molecule has 0 fully saturated rings. The van der Waals surface area contributed by atoms with Crippen LogP contribution in [0, 0.1) is 6.92 Å². The van der Waals surface area contributed by atoms with Crippen molar-refractivity contribution in [2.24, 2.45) is 5.73 Å². The van der Waals surface area contributed by atoms with E-state index in [1.807, 2.05) is 4.68 Å². The summed E-state index contributed by atoms with van der Waals surface area (Å²) in [7, 11) is 0. The Morgan fingerprint density at radius 1 is 1.29 bits per heavy atom. The van der Waals surface area contributed by atoms with Gasteiger partial charge in [-0.25, -0.2) is 4.68 Å². The molecule has 0 saturated heterocycles. The summed E-state index contributed by atoms with van der Waals surface area (Å²) >= 11 is 0. The van der Waals surface area contributed by atoms with E-state index >= 15 is 0 Å². The first-order valence-corrected chi connectivity index (χ1v) is 6.10. The number of nitrogens with two attached hydrogens (primary N) is 1. The number of rotatable bonds is 4. The lowest BCUT2D eigenvalue weighted by Gasteiger charge is -2.09. The average molecular weight is 229 g/mol. The highest BCUT2D eigenvalue weighted by Crippen LogP contribution is 2.17. The maximum absolute atomic E-state index is 5.57. The molecule has 0 amide bonds. The molecule has 0 aliphatic carbocycles. The molecule has 1 aromatic heterocycles. The number of benzene rings is 1. The van der Waals surface area contributed by atoms with Gasteiger partial charge in [0, 0.05) is 12.1 Å². The predicted molar refractivity (Wildman–Crippen MR) is 70.4 cm³/mol.